The predicted octanol–water partition coefficient (Wildman–Crippen LogP) is 16.5. The van der Waals surface area contributed by atoms with Crippen molar-refractivity contribution in [3.05, 3.63) is 277 Å². The van der Waals surface area contributed by atoms with Gasteiger partial charge in [-0.25, -0.2) is 0 Å². The highest BCUT2D eigenvalue weighted by Crippen LogP contribution is 2.69. The summed E-state index contributed by atoms with van der Waals surface area (Å²) in [6, 6.07) is 83.7. The fraction of sp³-hybridized carbons (Fsp3) is 0.0645. The van der Waals surface area contributed by atoms with Gasteiger partial charge in [-0.05, 0) is 80.4 Å². The van der Waals surface area contributed by atoms with Gasteiger partial charge in [0.05, 0.1) is 11.1 Å². The van der Waals surface area contributed by atoms with Gasteiger partial charge in [-0.3, -0.25) is 0 Å². The molecule has 0 aliphatic heterocycles. The fourth-order valence-electron chi connectivity index (χ4n) is 11.3. The maximum absolute atomic E-state index is 7.03. The number of hydrogen-bond acceptors (Lipinski definition) is 2. The largest absolute Gasteiger partial charge is 0.453 e. The molecule has 0 fully saturated rings. The Bertz CT molecular complexity index is 3330. The molecule has 1 aromatic heterocycles. The minimum atomic E-state index is -0.402. The van der Waals surface area contributed by atoms with Gasteiger partial charge in [-0.1, -0.05) is 225 Å². The Kier molecular flexibility index (Phi) is 8.95. The number of anilines is 3. The molecule has 2 heteroatoms. The molecule has 0 bridgehead atoms. The quantitative estimate of drug-likeness (QED) is 0.152. The Morgan fingerprint density at radius 2 is 0.953 bits per heavy atom. The zero-order chi connectivity index (χ0) is 42.7. The van der Waals surface area contributed by atoms with E-state index in [1.54, 1.807) is 0 Å². The normalized spacial score (nSPS) is 17.2. The van der Waals surface area contributed by atoms with Crippen LogP contribution in [0.2, 0.25) is 0 Å². The van der Waals surface area contributed by atoms with Gasteiger partial charge in [0.2, 0.25) is 0 Å². The highest BCUT2D eigenvalue weighted by atomic mass is 16.3. The molecule has 0 saturated carbocycles. The lowest BCUT2D eigenvalue weighted by atomic mass is 9.53. The summed E-state index contributed by atoms with van der Waals surface area (Å²) in [7, 11) is 0. The van der Waals surface area contributed by atoms with Crippen LogP contribution in [0.15, 0.2) is 253 Å². The monoisotopic (exact) mass is 819 g/mol. The predicted molar refractivity (Wildman–Crippen MR) is 266 cm³/mol. The topological polar surface area (TPSA) is 16.4 Å². The van der Waals surface area contributed by atoms with Crippen LogP contribution in [0.3, 0.4) is 0 Å². The van der Waals surface area contributed by atoms with Gasteiger partial charge in [0.25, 0.3) is 0 Å². The summed E-state index contributed by atoms with van der Waals surface area (Å²) in [6.45, 7) is 2.48. The second-order valence-electron chi connectivity index (χ2n) is 17.4. The van der Waals surface area contributed by atoms with E-state index in [0.717, 1.165) is 50.1 Å². The van der Waals surface area contributed by atoms with E-state index in [4.69, 9.17) is 4.42 Å². The lowest BCUT2D eigenvalue weighted by molar-refractivity contribution is 0.294. The van der Waals surface area contributed by atoms with Crippen molar-refractivity contribution in [1.29, 1.82) is 0 Å². The standard InChI is InChI=1S/C62H45NO/c1-61-42-18-31-51(58(61)55-27-14-15-32-56(55)62(61,47-23-10-4-11-24-47)48-25-12-5-13-26-48)46-36-40-50(41-37-46)63(49-38-34-44(35-39-49)43-19-6-2-7-20-43)57-33-17-30-54-53-29-16-28-52(59(53)64-60(54)57)45-21-8-3-9-22-45/h2-42,58H,1H3/t58?,61-/m1/s1. The van der Waals surface area contributed by atoms with E-state index in [1.165, 1.54) is 44.5 Å². The first-order valence-corrected chi connectivity index (χ1v) is 22.3. The van der Waals surface area contributed by atoms with E-state index in [9.17, 15) is 0 Å². The van der Waals surface area contributed by atoms with Gasteiger partial charge in [0.15, 0.2) is 5.58 Å². The summed E-state index contributed by atoms with van der Waals surface area (Å²) in [5.41, 5.74) is 16.6. The average molecular weight is 820 g/mol. The number of furan rings is 1. The highest BCUT2D eigenvalue weighted by Gasteiger charge is 2.61. The molecule has 0 saturated heterocycles. The van der Waals surface area contributed by atoms with Gasteiger partial charge in [-0.15, -0.1) is 0 Å². The van der Waals surface area contributed by atoms with Gasteiger partial charge in [0, 0.05) is 39.0 Å². The van der Waals surface area contributed by atoms with Crippen LogP contribution in [0.4, 0.5) is 17.1 Å². The van der Waals surface area contributed by atoms with Crippen molar-refractivity contribution >= 4 is 44.6 Å². The number of benzene rings is 9. The average Bonchev–Trinajstić information content (AvgIpc) is 3.87. The molecule has 64 heavy (non-hydrogen) atoms. The van der Waals surface area contributed by atoms with Crippen molar-refractivity contribution in [2.45, 2.75) is 18.3 Å². The van der Waals surface area contributed by atoms with Crippen LogP contribution in [0.25, 0.3) is 49.8 Å². The zero-order valence-electron chi connectivity index (χ0n) is 35.6. The molecule has 2 aliphatic rings. The molecule has 9 aromatic carbocycles. The number of fused-ring (bicyclic) bond motifs is 6. The lowest BCUT2D eigenvalue weighted by Crippen LogP contribution is -2.44. The lowest BCUT2D eigenvalue weighted by Gasteiger charge is -2.48. The Morgan fingerprint density at radius 1 is 0.438 bits per heavy atom. The SMILES string of the molecule is C[C@@]12C=CC=C(c3ccc(N(c4ccc(-c5ccccc5)cc4)c4cccc5c4oc4c(-c6ccccc6)cccc45)cc3)C1c1ccccc1C2(c1ccccc1)c1ccccc1. The van der Waals surface area contributed by atoms with Crippen molar-refractivity contribution in [3.8, 4) is 22.3 Å². The molecule has 0 radical (unpaired) electrons. The molecule has 0 N–H and O–H groups in total. The summed E-state index contributed by atoms with van der Waals surface area (Å²) in [6.07, 6.45) is 7.14. The maximum atomic E-state index is 7.03. The molecule has 2 atom stereocenters. The summed E-state index contributed by atoms with van der Waals surface area (Å²) in [5, 5.41) is 2.19. The number of nitrogens with zero attached hydrogens (tertiary/aromatic N) is 1. The molecule has 2 nitrogen and oxygen atoms in total. The van der Waals surface area contributed by atoms with Gasteiger partial charge in [-0.2, -0.15) is 0 Å². The maximum Gasteiger partial charge on any atom is 0.159 e. The van der Waals surface area contributed by atoms with E-state index in [-0.39, 0.29) is 11.3 Å². The van der Waals surface area contributed by atoms with E-state index in [1.807, 2.05) is 0 Å². The summed E-state index contributed by atoms with van der Waals surface area (Å²) < 4.78 is 7.03. The Morgan fingerprint density at radius 3 is 1.59 bits per heavy atom. The van der Waals surface area contributed by atoms with Crippen LogP contribution >= 0.6 is 0 Å². The van der Waals surface area contributed by atoms with Gasteiger partial charge < -0.3 is 9.32 Å². The second-order valence-corrected chi connectivity index (χ2v) is 17.4. The number of para-hydroxylation sites is 2. The molecule has 10 aromatic rings. The number of allylic oxidation sites excluding steroid dienone is 4. The first kappa shape index (κ1) is 37.8. The molecule has 304 valence electrons. The highest BCUT2D eigenvalue weighted by molar-refractivity contribution is 6.13. The van der Waals surface area contributed by atoms with Crippen LogP contribution in [0.1, 0.15) is 40.7 Å². The summed E-state index contributed by atoms with van der Waals surface area (Å²) in [4.78, 5) is 2.35. The number of hydrogen-bond donors (Lipinski definition) is 0. The van der Waals surface area contributed by atoms with Crippen molar-refractivity contribution in [3.63, 3.8) is 0 Å². The van der Waals surface area contributed by atoms with Crippen LogP contribution in [0.5, 0.6) is 0 Å². The van der Waals surface area contributed by atoms with Gasteiger partial charge >= 0.3 is 0 Å². The third-order valence-corrected chi connectivity index (χ3v) is 14.0. The third kappa shape index (κ3) is 5.72. The summed E-state index contributed by atoms with van der Waals surface area (Å²) >= 11 is 0. The minimum Gasteiger partial charge on any atom is -0.453 e. The Hall–Kier alpha value is -7.94. The molecular weight excluding hydrogens is 775 g/mol. The van der Waals surface area contributed by atoms with Crippen molar-refractivity contribution in [2.24, 2.45) is 5.41 Å². The molecule has 2 aliphatic carbocycles. The van der Waals surface area contributed by atoms with E-state index in [0.29, 0.717) is 0 Å². The Balaban J connectivity index is 1.00. The molecule has 0 spiro atoms. The van der Waals surface area contributed by atoms with Gasteiger partial charge in [0.1, 0.15) is 5.58 Å². The van der Waals surface area contributed by atoms with Crippen LogP contribution in [-0.2, 0) is 5.41 Å². The summed E-state index contributed by atoms with van der Waals surface area (Å²) in [5.74, 6) is 0.115. The molecule has 1 unspecified atom stereocenters. The van der Waals surface area contributed by atoms with Crippen LogP contribution < -0.4 is 4.90 Å². The van der Waals surface area contributed by atoms with E-state index in [2.05, 4.69) is 261 Å². The third-order valence-electron chi connectivity index (χ3n) is 14.0. The molecular formula is C62H45NO. The van der Waals surface area contributed by atoms with Crippen molar-refractivity contribution in [1.82, 2.24) is 0 Å². The van der Waals surface area contributed by atoms with Crippen LogP contribution in [-0.4, -0.2) is 0 Å². The van der Waals surface area contributed by atoms with E-state index < -0.39 is 5.41 Å². The molecule has 0 amide bonds. The first-order chi connectivity index (χ1) is 31.6. The zero-order valence-corrected chi connectivity index (χ0v) is 35.6. The van der Waals surface area contributed by atoms with Crippen molar-refractivity contribution in [2.75, 3.05) is 4.90 Å². The fourth-order valence-corrected chi connectivity index (χ4v) is 11.3. The van der Waals surface area contributed by atoms with Crippen molar-refractivity contribution < 1.29 is 4.42 Å². The number of rotatable bonds is 8. The Labute approximate surface area is 374 Å². The second kappa shape index (κ2) is 15.1. The first-order valence-electron chi connectivity index (χ1n) is 22.3. The van der Waals surface area contributed by atoms with E-state index >= 15 is 0 Å². The smallest absolute Gasteiger partial charge is 0.159 e. The minimum absolute atomic E-state index is 0.115. The molecule has 12 rings (SSSR count). The van der Waals surface area contributed by atoms with Crippen LogP contribution in [0, 0.1) is 5.41 Å². The molecule has 1 heterocycles.